The number of carbonyl (C=O) groups is 3. The standard InChI is InChI=1S/C18H17BrN2O5/c1-25-16(22)11-7-8-13(17(23)26-2)15(9-11)21-18(24)20-10-12-5-3-4-6-14(12)19/h3-9H,10H2,1-2H3,(H2,20,21,24). The monoisotopic (exact) mass is 420 g/mol. The van der Waals surface area contributed by atoms with Gasteiger partial charge in [-0.05, 0) is 29.8 Å². The fourth-order valence-electron chi connectivity index (χ4n) is 2.16. The average Bonchev–Trinajstić information content (AvgIpc) is 2.66. The molecule has 0 saturated heterocycles. The van der Waals surface area contributed by atoms with Gasteiger partial charge in [-0.25, -0.2) is 14.4 Å². The summed E-state index contributed by atoms with van der Waals surface area (Å²) in [6.07, 6.45) is 0. The van der Waals surface area contributed by atoms with Crippen LogP contribution in [0.1, 0.15) is 26.3 Å². The Balaban J connectivity index is 2.17. The molecular formula is C18H17BrN2O5. The van der Waals surface area contributed by atoms with Crippen LogP contribution in [-0.2, 0) is 16.0 Å². The lowest BCUT2D eigenvalue weighted by atomic mass is 10.1. The van der Waals surface area contributed by atoms with Gasteiger partial charge in [-0.3, -0.25) is 0 Å². The fraction of sp³-hybridized carbons (Fsp3) is 0.167. The van der Waals surface area contributed by atoms with E-state index in [-0.39, 0.29) is 23.4 Å². The second kappa shape index (κ2) is 9.00. The number of amides is 2. The van der Waals surface area contributed by atoms with Crippen molar-refractivity contribution >= 4 is 39.6 Å². The molecule has 2 aromatic rings. The molecule has 0 aliphatic heterocycles. The van der Waals surface area contributed by atoms with Crippen LogP contribution >= 0.6 is 15.9 Å². The highest BCUT2D eigenvalue weighted by molar-refractivity contribution is 9.10. The Morgan fingerprint density at radius 2 is 1.69 bits per heavy atom. The van der Waals surface area contributed by atoms with Gasteiger partial charge < -0.3 is 20.1 Å². The minimum absolute atomic E-state index is 0.121. The Hall–Kier alpha value is -2.87. The summed E-state index contributed by atoms with van der Waals surface area (Å²) in [4.78, 5) is 35.8. The fourth-order valence-corrected chi connectivity index (χ4v) is 2.59. The number of hydrogen-bond acceptors (Lipinski definition) is 5. The summed E-state index contributed by atoms with van der Waals surface area (Å²) in [5, 5.41) is 5.25. The third kappa shape index (κ3) is 4.82. The van der Waals surface area contributed by atoms with Gasteiger partial charge in [0.25, 0.3) is 0 Å². The van der Waals surface area contributed by atoms with Crippen LogP contribution in [0.3, 0.4) is 0 Å². The van der Waals surface area contributed by atoms with Crippen molar-refractivity contribution in [2.24, 2.45) is 0 Å². The molecule has 0 saturated carbocycles. The molecule has 2 amide bonds. The minimum atomic E-state index is -0.637. The van der Waals surface area contributed by atoms with E-state index in [1.54, 1.807) is 0 Å². The molecule has 0 aliphatic carbocycles. The molecule has 0 radical (unpaired) electrons. The number of nitrogens with one attached hydrogen (secondary N) is 2. The molecular weight excluding hydrogens is 404 g/mol. The van der Waals surface area contributed by atoms with E-state index < -0.39 is 18.0 Å². The molecule has 136 valence electrons. The van der Waals surface area contributed by atoms with Gasteiger partial charge in [-0.15, -0.1) is 0 Å². The van der Waals surface area contributed by atoms with Crippen LogP contribution in [0.4, 0.5) is 10.5 Å². The lowest BCUT2D eigenvalue weighted by molar-refractivity contribution is 0.0587. The Labute approximate surface area is 158 Å². The predicted octanol–water partition coefficient (Wildman–Crippen LogP) is 3.34. The van der Waals surface area contributed by atoms with Crippen LogP contribution in [-0.4, -0.2) is 32.2 Å². The zero-order valence-corrected chi connectivity index (χ0v) is 15.8. The molecule has 2 rings (SSSR count). The van der Waals surface area contributed by atoms with Crippen LogP contribution in [0, 0.1) is 0 Å². The average molecular weight is 421 g/mol. The number of rotatable bonds is 5. The zero-order chi connectivity index (χ0) is 19.1. The lowest BCUT2D eigenvalue weighted by Gasteiger charge is -2.12. The molecule has 0 aliphatic rings. The van der Waals surface area contributed by atoms with E-state index in [0.717, 1.165) is 10.0 Å². The summed E-state index contributed by atoms with van der Waals surface area (Å²) in [5.74, 6) is -1.22. The number of hydrogen-bond donors (Lipinski definition) is 2. The first-order chi connectivity index (χ1) is 12.5. The van der Waals surface area contributed by atoms with Crippen molar-refractivity contribution in [1.82, 2.24) is 5.32 Å². The van der Waals surface area contributed by atoms with Crippen molar-refractivity contribution in [3.05, 3.63) is 63.6 Å². The molecule has 0 atom stereocenters. The maximum Gasteiger partial charge on any atom is 0.339 e. The number of urea groups is 1. The summed E-state index contributed by atoms with van der Waals surface area (Å²) in [5.41, 5.74) is 1.35. The summed E-state index contributed by atoms with van der Waals surface area (Å²) in [7, 11) is 2.47. The summed E-state index contributed by atoms with van der Waals surface area (Å²) in [6.45, 7) is 0.275. The van der Waals surface area contributed by atoms with Crippen molar-refractivity contribution in [3.8, 4) is 0 Å². The van der Waals surface area contributed by atoms with E-state index in [1.807, 2.05) is 24.3 Å². The molecule has 8 heteroatoms. The third-order valence-electron chi connectivity index (χ3n) is 3.49. The molecule has 0 heterocycles. The topological polar surface area (TPSA) is 93.7 Å². The van der Waals surface area contributed by atoms with Crippen molar-refractivity contribution < 1.29 is 23.9 Å². The van der Waals surface area contributed by atoms with Crippen LogP contribution < -0.4 is 10.6 Å². The lowest BCUT2D eigenvalue weighted by Crippen LogP contribution is -2.29. The number of anilines is 1. The van der Waals surface area contributed by atoms with Gasteiger partial charge in [0.05, 0.1) is 31.0 Å². The molecule has 7 nitrogen and oxygen atoms in total. The van der Waals surface area contributed by atoms with E-state index in [2.05, 4.69) is 31.3 Å². The van der Waals surface area contributed by atoms with E-state index in [1.165, 1.54) is 32.4 Å². The number of esters is 2. The smallest absolute Gasteiger partial charge is 0.339 e. The highest BCUT2D eigenvalue weighted by Gasteiger charge is 2.17. The van der Waals surface area contributed by atoms with E-state index >= 15 is 0 Å². The molecule has 0 spiro atoms. The normalized spacial score (nSPS) is 9.96. The maximum absolute atomic E-state index is 12.2. The second-order valence-corrected chi connectivity index (χ2v) is 6.00. The van der Waals surface area contributed by atoms with Crippen molar-refractivity contribution in [2.75, 3.05) is 19.5 Å². The van der Waals surface area contributed by atoms with Crippen LogP contribution in [0.5, 0.6) is 0 Å². The Bertz CT molecular complexity index is 838. The van der Waals surface area contributed by atoms with Crippen molar-refractivity contribution in [3.63, 3.8) is 0 Å². The minimum Gasteiger partial charge on any atom is -0.465 e. The Morgan fingerprint density at radius 3 is 2.35 bits per heavy atom. The summed E-state index contributed by atoms with van der Waals surface area (Å²) in [6, 6.07) is 11.1. The van der Waals surface area contributed by atoms with E-state index in [4.69, 9.17) is 4.74 Å². The Kier molecular flexibility index (Phi) is 6.74. The second-order valence-electron chi connectivity index (χ2n) is 5.14. The van der Waals surface area contributed by atoms with Crippen LogP contribution in [0.15, 0.2) is 46.9 Å². The maximum atomic E-state index is 12.2. The zero-order valence-electron chi connectivity index (χ0n) is 14.2. The van der Waals surface area contributed by atoms with Gasteiger partial charge in [0.15, 0.2) is 0 Å². The van der Waals surface area contributed by atoms with Gasteiger partial charge in [-0.2, -0.15) is 0 Å². The predicted molar refractivity (Wildman–Crippen MR) is 99.1 cm³/mol. The van der Waals surface area contributed by atoms with Crippen molar-refractivity contribution in [1.29, 1.82) is 0 Å². The number of halogens is 1. The van der Waals surface area contributed by atoms with Gasteiger partial charge in [0.1, 0.15) is 0 Å². The molecule has 0 unspecified atom stereocenters. The van der Waals surface area contributed by atoms with Gasteiger partial charge in [0, 0.05) is 11.0 Å². The number of methoxy groups -OCH3 is 2. The molecule has 26 heavy (non-hydrogen) atoms. The summed E-state index contributed by atoms with van der Waals surface area (Å²) >= 11 is 3.40. The molecule has 2 N–H and O–H groups in total. The first-order valence-electron chi connectivity index (χ1n) is 7.55. The van der Waals surface area contributed by atoms with Crippen LogP contribution in [0.2, 0.25) is 0 Å². The highest BCUT2D eigenvalue weighted by atomic mass is 79.9. The first kappa shape index (κ1) is 19.5. The quantitative estimate of drug-likeness (QED) is 0.723. The SMILES string of the molecule is COC(=O)c1ccc(C(=O)OC)c(NC(=O)NCc2ccccc2Br)c1. The molecule has 2 aromatic carbocycles. The Morgan fingerprint density at radius 1 is 1.00 bits per heavy atom. The van der Waals surface area contributed by atoms with Gasteiger partial charge >= 0.3 is 18.0 Å². The summed E-state index contributed by atoms with van der Waals surface area (Å²) < 4.78 is 10.2. The third-order valence-corrected chi connectivity index (χ3v) is 4.27. The van der Waals surface area contributed by atoms with E-state index in [0.29, 0.717) is 0 Å². The highest BCUT2D eigenvalue weighted by Crippen LogP contribution is 2.20. The first-order valence-corrected chi connectivity index (χ1v) is 8.34. The number of ether oxygens (including phenoxy) is 2. The molecule has 0 aromatic heterocycles. The van der Waals surface area contributed by atoms with Crippen LogP contribution in [0.25, 0.3) is 0 Å². The molecule has 0 bridgehead atoms. The van der Waals surface area contributed by atoms with E-state index in [9.17, 15) is 14.4 Å². The molecule has 0 fully saturated rings. The number of carbonyl (C=O) groups excluding carboxylic acids is 3. The largest absolute Gasteiger partial charge is 0.465 e. The van der Waals surface area contributed by atoms with Crippen molar-refractivity contribution in [2.45, 2.75) is 6.54 Å². The van der Waals surface area contributed by atoms with Gasteiger partial charge in [-0.1, -0.05) is 34.1 Å². The van der Waals surface area contributed by atoms with Gasteiger partial charge in [0.2, 0.25) is 0 Å². The number of benzene rings is 2.